The third-order valence-corrected chi connectivity index (χ3v) is 3.69. The van der Waals surface area contributed by atoms with Gasteiger partial charge in [-0.15, -0.1) is 0 Å². The summed E-state index contributed by atoms with van der Waals surface area (Å²) in [4.78, 5) is 2.43. The smallest absolute Gasteiger partial charge is 0.0642 e. The van der Waals surface area contributed by atoms with E-state index < -0.39 is 0 Å². The van der Waals surface area contributed by atoms with Gasteiger partial charge in [0, 0.05) is 18.8 Å². The summed E-state index contributed by atoms with van der Waals surface area (Å²) >= 11 is 0. The Morgan fingerprint density at radius 3 is 2.11 bits per heavy atom. The first-order valence-electron chi connectivity index (χ1n) is 7.06. The Kier molecular flexibility index (Phi) is 4.28. The van der Waals surface area contributed by atoms with Gasteiger partial charge in [-0.25, -0.2) is 0 Å². The lowest BCUT2D eigenvalue weighted by molar-refractivity contribution is 0.122. The van der Waals surface area contributed by atoms with Crippen LogP contribution in [0.25, 0.3) is 0 Å². The molecule has 1 aromatic rings. The maximum atomic E-state index is 5.42. The summed E-state index contributed by atoms with van der Waals surface area (Å²) in [5.41, 5.74) is 4.34. The van der Waals surface area contributed by atoms with Crippen molar-refractivity contribution in [2.24, 2.45) is 0 Å². The molecule has 2 nitrogen and oxygen atoms in total. The van der Waals surface area contributed by atoms with Crippen molar-refractivity contribution < 1.29 is 4.74 Å². The molecule has 0 bridgehead atoms. The highest BCUT2D eigenvalue weighted by molar-refractivity contribution is 5.52. The molecule has 1 fully saturated rings. The lowest BCUT2D eigenvalue weighted by Gasteiger charge is -2.30. The highest BCUT2D eigenvalue weighted by Crippen LogP contribution is 2.30. The molecule has 0 N–H and O–H groups in total. The Bertz CT molecular complexity index is 392. The minimum absolute atomic E-state index is 0.586. The van der Waals surface area contributed by atoms with Gasteiger partial charge in [0.15, 0.2) is 0 Å². The van der Waals surface area contributed by atoms with Gasteiger partial charge in [0.2, 0.25) is 0 Å². The molecule has 0 saturated carbocycles. The molecule has 18 heavy (non-hydrogen) atoms. The summed E-state index contributed by atoms with van der Waals surface area (Å²) in [6.45, 7) is 12.8. The molecule has 0 spiro atoms. The van der Waals surface area contributed by atoms with Gasteiger partial charge < -0.3 is 9.64 Å². The van der Waals surface area contributed by atoms with E-state index in [1.54, 1.807) is 0 Å². The maximum absolute atomic E-state index is 5.42. The molecule has 2 rings (SSSR count). The fraction of sp³-hybridized carbons (Fsp3) is 0.625. The molecule has 1 aliphatic heterocycles. The van der Waals surface area contributed by atoms with Crippen LogP contribution in [0.4, 0.5) is 5.69 Å². The van der Waals surface area contributed by atoms with Crippen LogP contribution in [0.2, 0.25) is 0 Å². The molecule has 0 radical (unpaired) electrons. The van der Waals surface area contributed by atoms with Crippen molar-refractivity contribution in [3.8, 4) is 0 Å². The first-order chi connectivity index (χ1) is 8.59. The standard InChI is InChI=1S/C16H25NO/c1-12(2)15-6-5-14(11-16(15)13(3)4)17-7-9-18-10-8-17/h5-6,11-13H,7-10H2,1-4H3. The zero-order valence-corrected chi connectivity index (χ0v) is 12.1. The van der Waals surface area contributed by atoms with Gasteiger partial charge in [-0.3, -0.25) is 0 Å². The molecule has 100 valence electrons. The summed E-state index contributed by atoms with van der Waals surface area (Å²) in [6.07, 6.45) is 0. The molecule has 1 aromatic carbocycles. The van der Waals surface area contributed by atoms with Crippen LogP contribution in [0, 0.1) is 0 Å². The SMILES string of the molecule is CC(C)c1ccc(N2CCOCC2)cc1C(C)C. The van der Waals surface area contributed by atoms with Crippen LogP contribution >= 0.6 is 0 Å². The minimum Gasteiger partial charge on any atom is -0.378 e. The second kappa shape index (κ2) is 5.75. The molecule has 1 aliphatic rings. The van der Waals surface area contributed by atoms with E-state index in [0.29, 0.717) is 11.8 Å². The quantitative estimate of drug-likeness (QED) is 0.806. The number of benzene rings is 1. The van der Waals surface area contributed by atoms with Gasteiger partial charge in [-0.05, 0) is 35.1 Å². The third kappa shape index (κ3) is 2.86. The molecule has 1 saturated heterocycles. The van der Waals surface area contributed by atoms with Crippen LogP contribution in [-0.4, -0.2) is 26.3 Å². The summed E-state index contributed by atoms with van der Waals surface area (Å²) in [6, 6.07) is 6.96. The monoisotopic (exact) mass is 247 g/mol. The third-order valence-electron chi connectivity index (χ3n) is 3.69. The number of hydrogen-bond acceptors (Lipinski definition) is 2. The lowest BCUT2D eigenvalue weighted by atomic mass is 9.90. The van der Waals surface area contributed by atoms with Crippen molar-refractivity contribution in [2.75, 3.05) is 31.2 Å². The minimum atomic E-state index is 0.586. The number of ether oxygens (including phenoxy) is 1. The molecule has 2 heteroatoms. The van der Waals surface area contributed by atoms with Gasteiger partial charge in [0.1, 0.15) is 0 Å². The Balaban J connectivity index is 2.30. The first-order valence-corrected chi connectivity index (χ1v) is 7.06. The molecule has 0 atom stereocenters. The summed E-state index contributed by atoms with van der Waals surface area (Å²) in [5, 5.41) is 0. The van der Waals surface area contributed by atoms with E-state index >= 15 is 0 Å². The topological polar surface area (TPSA) is 12.5 Å². The Morgan fingerprint density at radius 2 is 1.56 bits per heavy atom. The first kappa shape index (κ1) is 13.4. The lowest BCUT2D eigenvalue weighted by Crippen LogP contribution is -2.36. The van der Waals surface area contributed by atoms with Crippen LogP contribution in [-0.2, 0) is 4.74 Å². The molecule has 0 amide bonds. The van der Waals surface area contributed by atoms with Crippen LogP contribution in [0.15, 0.2) is 18.2 Å². The molecular formula is C16H25NO. The fourth-order valence-corrected chi connectivity index (χ4v) is 2.61. The van der Waals surface area contributed by atoms with E-state index in [0.717, 1.165) is 26.3 Å². The van der Waals surface area contributed by atoms with Gasteiger partial charge in [0.05, 0.1) is 13.2 Å². The molecular weight excluding hydrogens is 222 g/mol. The Hall–Kier alpha value is -1.02. The van der Waals surface area contributed by atoms with Gasteiger partial charge in [-0.1, -0.05) is 33.8 Å². The fourth-order valence-electron chi connectivity index (χ4n) is 2.61. The van der Waals surface area contributed by atoms with Gasteiger partial charge in [0.25, 0.3) is 0 Å². The van der Waals surface area contributed by atoms with Crippen molar-refractivity contribution in [3.05, 3.63) is 29.3 Å². The number of anilines is 1. The van der Waals surface area contributed by atoms with E-state index in [1.807, 2.05) is 0 Å². The second-order valence-corrected chi connectivity index (χ2v) is 5.72. The van der Waals surface area contributed by atoms with E-state index in [9.17, 15) is 0 Å². The summed E-state index contributed by atoms with van der Waals surface area (Å²) < 4.78 is 5.42. The largest absolute Gasteiger partial charge is 0.378 e. The highest BCUT2D eigenvalue weighted by atomic mass is 16.5. The Morgan fingerprint density at radius 1 is 0.944 bits per heavy atom. The van der Waals surface area contributed by atoms with E-state index in [2.05, 4.69) is 50.8 Å². The van der Waals surface area contributed by atoms with E-state index in [1.165, 1.54) is 16.8 Å². The van der Waals surface area contributed by atoms with Crippen LogP contribution < -0.4 is 4.90 Å². The molecule has 0 aliphatic carbocycles. The number of hydrogen-bond donors (Lipinski definition) is 0. The van der Waals surface area contributed by atoms with Crippen molar-refractivity contribution >= 4 is 5.69 Å². The highest BCUT2D eigenvalue weighted by Gasteiger charge is 2.15. The van der Waals surface area contributed by atoms with Crippen molar-refractivity contribution in [2.45, 2.75) is 39.5 Å². The molecule has 0 aromatic heterocycles. The number of nitrogens with zero attached hydrogens (tertiary/aromatic N) is 1. The van der Waals surface area contributed by atoms with Crippen LogP contribution in [0.5, 0.6) is 0 Å². The van der Waals surface area contributed by atoms with Crippen LogP contribution in [0.1, 0.15) is 50.7 Å². The normalized spacial score (nSPS) is 16.7. The zero-order chi connectivity index (χ0) is 13.1. The van der Waals surface area contributed by atoms with Gasteiger partial charge >= 0.3 is 0 Å². The van der Waals surface area contributed by atoms with E-state index in [-0.39, 0.29) is 0 Å². The van der Waals surface area contributed by atoms with Crippen molar-refractivity contribution in [1.29, 1.82) is 0 Å². The zero-order valence-electron chi connectivity index (χ0n) is 12.1. The van der Waals surface area contributed by atoms with E-state index in [4.69, 9.17) is 4.74 Å². The number of rotatable bonds is 3. The average molecular weight is 247 g/mol. The molecule has 0 unspecified atom stereocenters. The average Bonchev–Trinajstić information content (AvgIpc) is 2.39. The van der Waals surface area contributed by atoms with Crippen LogP contribution in [0.3, 0.4) is 0 Å². The predicted molar refractivity (Wildman–Crippen MR) is 77.7 cm³/mol. The van der Waals surface area contributed by atoms with Gasteiger partial charge in [-0.2, -0.15) is 0 Å². The maximum Gasteiger partial charge on any atom is 0.0642 e. The summed E-state index contributed by atoms with van der Waals surface area (Å²) in [7, 11) is 0. The Labute approximate surface area is 111 Å². The molecule has 1 heterocycles. The van der Waals surface area contributed by atoms with Crippen molar-refractivity contribution in [3.63, 3.8) is 0 Å². The second-order valence-electron chi connectivity index (χ2n) is 5.72. The summed E-state index contributed by atoms with van der Waals surface area (Å²) in [5.74, 6) is 1.18. The van der Waals surface area contributed by atoms with Crippen molar-refractivity contribution in [1.82, 2.24) is 0 Å². The number of morpholine rings is 1. The predicted octanol–water partition coefficient (Wildman–Crippen LogP) is 3.77.